The van der Waals surface area contributed by atoms with E-state index >= 15 is 0 Å². The lowest BCUT2D eigenvalue weighted by atomic mass is 9.95. The van der Waals surface area contributed by atoms with E-state index in [0.717, 1.165) is 18.5 Å². The van der Waals surface area contributed by atoms with Gasteiger partial charge in [-0.05, 0) is 12.8 Å². The molecule has 0 atom stereocenters. The van der Waals surface area contributed by atoms with E-state index in [9.17, 15) is 4.79 Å². The third-order valence-corrected chi connectivity index (χ3v) is 4.41. The van der Waals surface area contributed by atoms with E-state index in [2.05, 4.69) is 10.6 Å². The van der Waals surface area contributed by atoms with Crippen molar-refractivity contribution >= 4 is 23.2 Å². The highest BCUT2D eigenvalue weighted by Crippen LogP contribution is 2.35. The third kappa shape index (κ3) is 5.20. The number of carbonyl (C=O) groups is 1. The summed E-state index contributed by atoms with van der Waals surface area (Å²) in [6, 6.07) is 3.83. The van der Waals surface area contributed by atoms with E-state index in [4.69, 9.17) is 21.1 Å². The quantitative estimate of drug-likeness (QED) is 0.796. The summed E-state index contributed by atoms with van der Waals surface area (Å²) in [5.74, 6) is 1.29. The first-order valence-electron chi connectivity index (χ1n) is 8.08. The predicted octanol–water partition coefficient (Wildman–Crippen LogP) is 3.61. The molecule has 0 unspecified atom stereocenters. The average Bonchev–Trinajstić information content (AvgIpc) is 2.56. The standard InChI is InChI=1S/C17H25ClN2O3/c1-22-15-11-14(16(23-2)10-13(15)18)19-9-8-17(21)20-12-6-4-3-5-7-12/h10-12,19H,3-9H2,1-2H3,(H,20,21). The van der Waals surface area contributed by atoms with Crippen molar-refractivity contribution < 1.29 is 14.3 Å². The molecule has 0 heterocycles. The zero-order chi connectivity index (χ0) is 16.7. The number of amides is 1. The van der Waals surface area contributed by atoms with Crippen LogP contribution in [0.2, 0.25) is 5.02 Å². The number of rotatable bonds is 7. The highest BCUT2D eigenvalue weighted by atomic mass is 35.5. The molecule has 2 N–H and O–H groups in total. The molecule has 6 heteroatoms. The lowest BCUT2D eigenvalue weighted by Crippen LogP contribution is -2.36. The number of carbonyl (C=O) groups excluding carboxylic acids is 1. The van der Waals surface area contributed by atoms with Crippen LogP contribution in [0.25, 0.3) is 0 Å². The number of methoxy groups -OCH3 is 2. The Hall–Kier alpha value is -1.62. The molecule has 5 nitrogen and oxygen atoms in total. The zero-order valence-electron chi connectivity index (χ0n) is 13.8. The van der Waals surface area contributed by atoms with Crippen molar-refractivity contribution in [1.82, 2.24) is 5.32 Å². The van der Waals surface area contributed by atoms with E-state index in [1.54, 1.807) is 26.4 Å². The predicted molar refractivity (Wildman–Crippen MR) is 92.7 cm³/mol. The fourth-order valence-electron chi connectivity index (χ4n) is 2.86. The lowest BCUT2D eigenvalue weighted by molar-refractivity contribution is -0.121. The molecular formula is C17H25ClN2O3. The molecule has 128 valence electrons. The number of benzene rings is 1. The monoisotopic (exact) mass is 340 g/mol. The molecule has 1 amide bonds. The molecule has 1 aliphatic rings. The van der Waals surface area contributed by atoms with Crippen molar-refractivity contribution in [3.63, 3.8) is 0 Å². The fraction of sp³-hybridized carbons (Fsp3) is 0.588. The van der Waals surface area contributed by atoms with Gasteiger partial charge >= 0.3 is 0 Å². The van der Waals surface area contributed by atoms with Crippen LogP contribution in [-0.4, -0.2) is 32.7 Å². The van der Waals surface area contributed by atoms with Gasteiger partial charge in [-0.2, -0.15) is 0 Å². The van der Waals surface area contributed by atoms with Crippen LogP contribution in [0.1, 0.15) is 38.5 Å². The van der Waals surface area contributed by atoms with Gasteiger partial charge < -0.3 is 20.1 Å². The van der Waals surface area contributed by atoms with Gasteiger partial charge in [0.2, 0.25) is 5.91 Å². The summed E-state index contributed by atoms with van der Waals surface area (Å²) in [7, 11) is 3.15. The highest BCUT2D eigenvalue weighted by Gasteiger charge is 2.15. The summed E-state index contributed by atoms with van der Waals surface area (Å²) >= 11 is 6.08. The van der Waals surface area contributed by atoms with Gasteiger partial charge in [0.25, 0.3) is 0 Å². The summed E-state index contributed by atoms with van der Waals surface area (Å²) < 4.78 is 10.5. The molecule has 23 heavy (non-hydrogen) atoms. The number of anilines is 1. The Bertz CT molecular complexity index is 531. The molecule has 1 aliphatic carbocycles. The third-order valence-electron chi connectivity index (χ3n) is 4.11. The Balaban J connectivity index is 1.84. The lowest BCUT2D eigenvalue weighted by Gasteiger charge is -2.22. The van der Waals surface area contributed by atoms with Gasteiger partial charge in [0, 0.05) is 31.1 Å². The van der Waals surface area contributed by atoms with Crippen molar-refractivity contribution in [2.24, 2.45) is 0 Å². The molecule has 1 fully saturated rings. The first-order chi connectivity index (χ1) is 11.1. The largest absolute Gasteiger partial charge is 0.495 e. The second kappa shape index (κ2) is 8.87. The van der Waals surface area contributed by atoms with Crippen molar-refractivity contribution in [2.45, 2.75) is 44.6 Å². The molecule has 0 bridgehead atoms. The number of halogens is 1. The van der Waals surface area contributed by atoms with Gasteiger partial charge in [-0.25, -0.2) is 0 Å². The van der Waals surface area contributed by atoms with Gasteiger partial charge in [0.15, 0.2) is 0 Å². The summed E-state index contributed by atoms with van der Waals surface area (Å²) in [5.41, 5.74) is 0.763. The van der Waals surface area contributed by atoms with Gasteiger partial charge in [-0.1, -0.05) is 30.9 Å². The Morgan fingerprint density at radius 1 is 1.17 bits per heavy atom. The molecule has 0 saturated heterocycles. The Kier molecular flexibility index (Phi) is 6.84. The second-order valence-electron chi connectivity index (χ2n) is 5.77. The Labute approximate surface area is 142 Å². The average molecular weight is 341 g/mol. The van der Waals surface area contributed by atoms with Crippen molar-refractivity contribution in [1.29, 1.82) is 0 Å². The van der Waals surface area contributed by atoms with Crippen LogP contribution in [0.3, 0.4) is 0 Å². The maximum atomic E-state index is 12.0. The van der Waals surface area contributed by atoms with E-state index in [0.29, 0.717) is 35.5 Å². The van der Waals surface area contributed by atoms with Crippen LogP contribution in [0, 0.1) is 0 Å². The van der Waals surface area contributed by atoms with Crippen LogP contribution >= 0.6 is 11.6 Å². The summed E-state index contributed by atoms with van der Waals surface area (Å²) in [4.78, 5) is 12.0. The zero-order valence-corrected chi connectivity index (χ0v) is 14.5. The van der Waals surface area contributed by atoms with Crippen molar-refractivity contribution in [3.05, 3.63) is 17.2 Å². The molecule has 1 aromatic carbocycles. The Morgan fingerprint density at radius 2 is 1.87 bits per heavy atom. The minimum atomic E-state index is 0.0873. The van der Waals surface area contributed by atoms with Crippen LogP contribution in [0.4, 0.5) is 5.69 Å². The summed E-state index contributed by atoms with van der Waals surface area (Å²) in [6.45, 7) is 0.527. The van der Waals surface area contributed by atoms with Crippen molar-refractivity contribution in [2.75, 3.05) is 26.1 Å². The number of ether oxygens (including phenoxy) is 2. The molecule has 0 radical (unpaired) electrons. The van der Waals surface area contributed by atoms with Gasteiger partial charge in [0.05, 0.1) is 24.9 Å². The number of nitrogens with one attached hydrogen (secondary N) is 2. The Morgan fingerprint density at radius 3 is 2.52 bits per heavy atom. The first kappa shape index (κ1) is 17.7. The molecule has 1 aromatic rings. The maximum Gasteiger partial charge on any atom is 0.221 e. The molecule has 2 rings (SSSR count). The molecular weight excluding hydrogens is 316 g/mol. The van der Waals surface area contributed by atoms with E-state index in [1.807, 2.05) is 0 Å². The van der Waals surface area contributed by atoms with Crippen LogP contribution in [0.5, 0.6) is 11.5 Å². The minimum Gasteiger partial charge on any atom is -0.495 e. The summed E-state index contributed by atoms with van der Waals surface area (Å²) in [6.07, 6.45) is 6.33. The fourth-order valence-corrected chi connectivity index (χ4v) is 3.09. The van der Waals surface area contributed by atoms with Gasteiger partial charge in [-0.15, -0.1) is 0 Å². The normalized spacial score (nSPS) is 15.1. The van der Waals surface area contributed by atoms with E-state index in [1.165, 1.54) is 19.3 Å². The second-order valence-corrected chi connectivity index (χ2v) is 6.17. The number of hydrogen-bond acceptors (Lipinski definition) is 4. The SMILES string of the molecule is COc1cc(NCCC(=O)NC2CCCCC2)c(OC)cc1Cl. The molecule has 1 saturated carbocycles. The maximum absolute atomic E-state index is 12.0. The van der Waals surface area contributed by atoms with E-state index in [-0.39, 0.29) is 5.91 Å². The van der Waals surface area contributed by atoms with Crippen LogP contribution < -0.4 is 20.1 Å². The first-order valence-corrected chi connectivity index (χ1v) is 8.46. The molecule has 0 spiro atoms. The smallest absolute Gasteiger partial charge is 0.221 e. The molecule has 0 aromatic heterocycles. The topological polar surface area (TPSA) is 59.6 Å². The van der Waals surface area contributed by atoms with Gasteiger partial charge in [-0.3, -0.25) is 4.79 Å². The summed E-state index contributed by atoms with van der Waals surface area (Å²) in [5, 5.41) is 6.81. The van der Waals surface area contributed by atoms with Gasteiger partial charge in [0.1, 0.15) is 11.5 Å². The van der Waals surface area contributed by atoms with Crippen LogP contribution in [0.15, 0.2) is 12.1 Å². The highest BCUT2D eigenvalue weighted by molar-refractivity contribution is 6.32. The van der Waals surface area contributed by atoms with Crippen LogP contribution in [-0.2, 0) is 4.79 Å². The van der Waals surface area contributed by atoms with E-state index < -0.39 is 0 Å². The molecule has 0 aliphatic heterocycles. The minimum absolute atomic E-state index is 0.0873. The van der Waals surface area contributed by atoms with Crippen molar-refractivity contribution in [3.8, 4) is 11.5 Å². The number of hydrogen-bond donors (Lipinski definition) is 2.